The highest BCUT2D eigenvalue weighted by atomic mass is 16.2. The first-order chi connectivity index (χ1) is 13.5. The molecule has 0 aliphatic carbocycles. The Bertz CT molecular complexity index is 931. The van der Waals surface area contributed by atoms with Crippen LogP contribution in [0.25, 0.3) is 0 Å². The van der Waals surface area contributed by atoms with Gasteiger partial charge in [0.1, 0.15) is 0 Å². The van der Waals surface area contributed by atoms with Crippen molar-refractivity contribution in [3.05, 3.63) is 101 Å². The molecule has 28 heavy (non-hydrogen) atoms. The molecule has 0 aromatic heterocycles. The van der Waals surface area contributed by atoms with Gasteiger partial charge in [0.05, 0.1) is 0 Å². The molecular weight excluding hydrogens is 348 g/mol. The van der Waals surface area contributed by atoms with E-state index < -0.39 is 0 Å². The average molecular weight is 372 g/mol. The van der Waals surface area contributed by atoms with Crippen molar-refractivity contribution >= 4 is 17.5 Å². The SMILES string of the molecule is CC(C)c1ccc(C(=O)Nc2ccc(C(=O)NCc3ccccc3)cc2)cc1. The minimum atomic E-state index is -0.170. The lowest BCUT2D eigenvalue weighted by Crippen LogP contribution is -2.22. The zero-order valence-electron chi connectivity index (χ0n) is 16.1. The number of carbonyl (C=O) groups excluding carboxylic acids is 2. The van der Waals surface area contributed by atoms with Crippen molar-refractivity contribution < 1.29 is 9.59 Å². The first-order valence-electron chi connectivity index (χ1n) is 9.36. The van der Waals surface area contributed by atoms with Crippen LogP contribution in [0.2, 0.25) is 0 Å². The van der Waals surface area contributed by atoms with E-state index in [1.54, 1.807) is 24.3 Å². The van der Waals surface area contributed by atoms with Crippen molar-refractivity contribution in [3.8, 4) is 0 Å². The molecule has 0 atom stereocenters. The zero-order valence-corrected chi connectivity index (χ0v) is 16.1. The van der Waals surface area contributed by atoms with Gasteiger partial charge in [-0.15, -0.1) is 0 Å². The lowest BCUT2D eigenvalue weighted by molar-refractivity contribution is 0.0950. The van der Waals surface area contributed by atoms with Crippen molar-refractivity contribution in [1.29, 1.82) is 0 Å². The predicted molar refractivity (Wildman–Crippen MR) is 113 cm³/mol. The number of hydrogen-bond acceptors (Lipinski definition) is 2. The van der Waals surface area contributed by atoms with Gasteiger partial charge >= 0.3 is 0 Å². The summed E-state index contributed by atoms with van der Waals surface area (Å²) in [5.41, 5.74) is 4.05. The van der Waals surface area contributed by atoms with Gasteiger partial charge in [-0.3, -0.25) is 9.59 Å². The second kappa shape index (κ2) is 9.00. The van der Waals surface area contributed by atoms with Crippen LogP contribution in [0.1, 0.15) is 51.6 Å². The number of anilines is 1. The molecular formula is C24H24N2O2. The Labute approximate surface area is 165 Å². The number of nitrogens with one attached hydrogen (secondary N) is 2. The summed E-state index contributed by atoms with van der Waals surface area (Å²) in [5, 5.41) is 5.75. The third kappa shape index (κ3) is 5.07. The third-order valence-electron chi connectivity index (χ3n) is 4.54. The highest BCUT2D eigenvalue weighted by molar-refractivity contribution is 6.04. The van der Waals surface area contributed by atoms with Crippen molar-refractivity contribution in [1.82, 2.24) is 5.32 Å². The number of rotatable bonds is 6. The third-order valence-corrected chi connectivity index (χ3v) is 4.54. The smallest absolute Gasteiger partial charge is 0.255 e. The quantitative estimate of drug-likeness (QED) is 0.640. The second-order valence-corrected chi connectivity index (χ2v) is 6.98. The largest absolute Gasteiger partial charge is 0.348 e. The summed E-state index contributed by atoms with van der Waals surface area (Å²) in [4.78, 5) is 24.6. The second-order valence-electron chi connectivity index (χ2n) is 6.98. The van der Waals surface area contributed by atoms with Crippen LogP contribution in [-0.4, -0.2) is 11.8 Å². The van der Waals surface area contributed by atoms with E-state index in [1.807, 2.05) is 54.6 Å². The highest BCUT2D eigenvalue weighted by Gasteiger charge is 2.09. The minimum Gasteiger partial charge on any atom is -0.348 e. The molecule has 4 heteroatoms. The molecule has 142 valence electrons. The van der Waals surface area contributed by atoms with E-state index in [9.17, 15) is 9.59 Å². The molecule has 0 heterocycles. The number of carbonyl (C=O) groups is 2. The van der Waals surface area contributed by atoms with Gasteiger partial charge < -0.3 is 10.6 Å². The standard InChI is InChI=1S/C24H24N2O2/c1-17(2)19-8-10-21(11-9-19)24(28)26-22-14-12-20(13-15-22)23(27)25-16-18-6-4-3-5-7-18/h3-15,17H,16H2,1-2H3,(H,25,27)(H,26,28). The summed E-state index contributed by atoms with van der Waals surface area (Å²) in [6.45, 7) is 4.71. The molecule has 3 aromatic rings. The lowest BCUT2D eigenvalue weighted by Gasteiger charge is -2.09. The van der Waals surface area contributed by atoms with E-state index in [4.69, 9.17) is 0 Å². The summed E-state index contributed by atoms with van der Waals surface area (Å²) in [6, 6.07) is 24.2. The van der Waals surface area contributed by atoms with Crippen LogP contribution < -0.4 is 10.6 Å². The molecule has 0 fully saturated rings. The first-order valence-corrected chi connectivity index (χ1v) is 9.36. The summed E-state index contributed by atoms with van der Waals surface area (Å²) in [5.74, 6) is 0.111. The van der Waals surface area contributed by atoms with Gasteiger partial charge in [0.15, 0.2) is 0 Å². The zero-order chi connectivity index (χ0) is 19.9. The summed E-state index contributed by atoms with van der Waals surface area (Å²) >= 11 is 0. The Morgan fingerprint density at radius 3 is 1.93 bits per heavy atom. The average Bonchev–Trinajstić information content (AvgIpc) is 2.73. The van der Waals surface area contributed by atoms with Gasteiger partial charge in [-0.25, -0.2) is 0 Å². The van der Waals surface area contributed by atoms with Gasteiger partial charge in [0.2, 0.25) is 0 Å². The number of benzene rings is 3. The van der Waals surface area contributed by atoms with E-state index in [2.05, 4.69) is 24.5 Å². The number of hydrogen-bond donors (Lipinski definition) is 2. The minimum absolute atomic E-state index is 0.147. The summed E-state index contributed by atoms with van der Waals surface area (Å²) in [6.07, 6.45) is 0. The Kier molecular flexibility index (Phi) is 6.22. The van der Waals surface area contributed by atoms with E-state index in [0.717, 1.165) is 5.56 Å². The Balaban J connectivity index is 1.57. The van der Waals surface area contributed by atoms with Gasteiger partial charge in [-0.05, 0) is 53.4 Å². The maximum absolute atomic E-state index is 12.4. The molecule has 0 radical (unpaired) electrons. The molecule has 0 bridgehead atoms. The van der Waals surface area contributed by atoms with E-state index in [-0.39, 0.29) is 11.8 Å². The molecule has 0 spiro atoms. The molecule has 0 aliphatic heterocycles. The molecule has 0 saturated heterocycles. The first kappa shape index (κ1) is 19.4. The molecule has 0 aliphatic rings. The van der Waals surface area contributed by atoms with Crippen molar-refractivity contribution in [2.45, 2.75) is 26.3 Å². The lowest BCUT2D eigenvalue weighted by atomic mass is 10.0. The van der Waals surface area contributed by atoms with E-state index >= 15 is 0 Å². The Morgan fingerprint density at radius 1 is 0.750 bits per heavy atom. The highest BCUT2D eigenvalue weighted by Crippen LogP contribution is 2.16. The maximum Gasteiger partial charge on any atom is 0.255 e. The summed E-state index contributed by atoms with van der Waals surface area (Å²) in [7, 11) is 0. The normalized spacial score (nSPS) is 10.5. The van der Waals surface area contributed by atoms with Crippen LogP contribution in [0.15, 0.2) is 78.9 Å². The maximum atomic E-state index is 12.4. The van der Waals surface area contributed by atoms with Crippen molar-refractivity contribution in [3.63, 3.8) is 0 Å². The van der Waals surface area contributed by atoms with Gasteiger partial charge in [0, 0.05) is 23.4 Å². The van der Waals surface area contributed by atoms with E-state index in [1.165, 1.54) is 5.56 Å². The number of amides is 2. The molecule has 2 amide bonds. The van der Waals surface area contributed by atoms with Gasteiger partial charge in [0.25, 0.3) is 11.8 Å². The van der Waals surface area contributed by atoms with Crippen LogP contribution >= 0.6 is 0 Å². The fraction of sp³-hybridized carbons (Fsp3) is 0.167. The van der Waals surface area contributed by atoms with Crippen LogP contribution in [0, 0.1) is 0 Å². The molecule has 3 rings (SSSR count). The van der Waals surface area contributed by atoms with Crippen molar-refractivity contribution in [2.75, 3.05) is 5.32 Å². The molecule has 2 N–H and O–H groups in total. The molecule has 0 unspecified atom stereocenters. The fourth-order valence-corrected chi connectivity index (χ4v) is 2.81. The predicted octanol–water partition coefficient (Wildman–Crippen LogP) is 4.99. The van der Waals surface area contributed by atoms with E-state index in [0.29, 0.717) is 29.3 Å². The Morgan fingerprint density at radius 2 is 1.32 bits per heavy atom. The van der Waals surface area contributed by atoms with Crippen molar-refractivity contribution in [2.24, 2.45) is 0 Å². The fourth-order valence-electron chi connectivity index (χ4n) is 2.81. The monoisotopic (exact) mass is 372 g/mol. The van der Waals surface area contributed by atoms with Crippen LogP contribution in [0.5, 0.6) is 0 Å². The van der Waals surface area contributed by atoms with Crippen LogP contribution in [0.4, 0.5) is 5.69 Å². The summed E-state index contributed by atoms with van der Waals surface area (Å²) < 4.78 is 0. The van der Waals surface area contributed by atoms with Gasteiger partial charge in [-0.2, -0.15) is 0 Å². The Hall–Kier alpha value is -3.40. The molecule has 4 nitrogen and oxygen atoms in total. The molecule has 3 aromatic carbocycles. The molecule has 0 saturated carbocycles. The van der Waals surface area contributed by atoms with Crippen LogP contribution in [-0.2, 0) is 6.54 Å². The topological polar surface area (TPSA) is 58.2 Å². The van der Waals surface area contributed by atoms with Gasteiger partial charge in [-0.1, -0.05) is 56.3 Å². The van der Waals surface area contributed by atoms with Crippen LogP contribution in [0.3, 0.4) is 0 Å².